The highest BCUT2D eigenvalue weighted by molar-refractivity contribution is 6.33. The molecule has 1 unspecified atom stereocenters. The van der Waals surface area contributed by atoms with Gasteiger partial charge < -0.3 is 15.7 Å². The van der Waals surface area contributed by atoms with E-state index in [9.17, 15) is 9.90 Å². The van der Waals surface area contributed by atoms with Gasteiger partial charge in [-0.2, -0.15) is 5.26 Å². The topological polar surface area (TPSA) is 103 Å². The van der Waals surface area contributed by atoms with Crippen LogP contribution in [0.25, 0.3) is 0 Å². The van der Waals surface area contributed by atoms with Gasteiger partial charge in [-0.3, -0.25) is 4.79 Å². The molecular formula is C13H15ClN4O2. The molecule has 0 saturated carbocycles. The summed E-state index contributed by atoms with van der Waals surface area (Å²) in [5.41, 5.74) is 5.52. The Morgan fingerprint density at radius 1 is 1.60 bits per heavy atom. The van der Waals surface area contributed by atoms with Gasteiger partial charge in [0.15, 0.2) is 0 Å². The van der Waals surface area contributed by atoms with E-state index in [1.807, 2.05) is 11.0 Å². The molecule has 1 amide bonds. The second-order valence-electron chi connectivity index (χ2n) is 4.81. The number of carbonyl (C=O) groups excluding carboxylic acids is 1. The first kappa shape index (κ1) is 14.6. The summed E-state index contributed by atoms with van der Waals surface area (Å²) in [4.78, 5) is 17.1. The molecule has 1 aliphatic rings. The molecule has 1 atom stereocenters. The number of nitrogens with two attached hydrogens (primary N) is 1. The van der Waals surface area contributed by atoms with Crippen LogP contribution in [0.2, 0.25) is 5.02 Å². The molecule has 1 fully saturated rings. The molecule has 2 rings (SSSR count). The van der Waals surface area contributed by atoms with Crippen LogP contribution in [0.3, 0.4) is 0 Å². The number of aromatic nitrogens is 1. The number of primary amides is 1. The quantitative estimate of drug-likeness (QED) is 0.853. The third-order valence-electron chi connectivity index (χ3n) is 3.53. The van der Waals surface area contributed by atoms with Gasteiger partial charge in [-0.05, 0) is 24.8 Å². The van der Waals surface area contributed by atoms with E-state index in [1.165, 1.54) is 6.20 Å². The fourth-order valence-corrected chi connectivity index (χ4v) is 2.67. The van der Waals surface area contributed by atoms with Crippen LogP contribution in [0.4, 0.5) is 5.82 Å². The summed E-state index contributed by atoms with van der Waals surface area (Å²) in [6, 6.07) is 3.56. The molecule has 20 heavy (non-hydrogen) atoms. The van der Waals surface area contributed by atoms with Crippen LogP contribution in [-0.2, 0) is 4.79 Å². The Kier molecular flexibility index (Phi) is 4.42. The number of aliphatic hydroxyl groups excluding tert-OH is 1. The van der Waals surface area contributed by atoms with Crippen molar-refractivity contribution in [2.45, 2.75) is 18.9 Å². The zero-order valence-corrected chi connectivity index (χ0v) is 11.5. The Morgan fingerprint density at radius 2 is 2.25 bits per heavy atom. The average molecular weight is 295 g/mol. The van der Waals surface area contributed by atoms with E-state index in [2.05, 4.69) is 4.98 Å². The minimum Gasteiger partial charge on any atom is -0.383 e. The lowest BCUT2D eigenvalue weighted by molar-refractivity contribution is -0.129. The Balaban J connectivity index is 2.04. The smallest absolute Gasteiger partial charge is 0.246 e. The minimum absolute atomic E-state index is 0.124. The number of carbonyl (C=O) groups is 1. The second-order valence-corrected chi connectivity index (χ2v) is 5.22. The van der Waals surface area contributed by atoms with E-state index in [1.54, 1.807) is 6.07 Å². The molecule has 0 spiro atoms. The fraction of sp³-hybridized carbons (Fsp3) is 0.462. The van der Waals surface area contributed by atoms with Gasteiger partial charge in [0, 0.05) is 19.3 Å². The molecule has 2 heterocycles. The van der Waals surface area contributed by atoms with Crippen molar-refractivity contribution in [3.05, 3.63) is 22.8 Å². The molecule has 3 N–H and O–H groups in total. The molecule has 7 heteroatoms. The van der Waals surface area contributed by atoms with Gasteiger partial charge in [-0.15, -0.1) is 0 Å². The predicted molar refractivity (Wildman–Crippen MR) is 74.1 cm³/mol. The number of amides is 1. The van der Waals surface area contributed by atoms with E-state index in [-0.39, 0.29) is 5.92 Å². The Labute approximate surface area is 121 Å². The van der Waals surface area contributed by atoms with Crippen molar-refractivity contribution in [3.8, 4) is 6.07 Å². The molecule has 1 aromatic heterocycles. The van der Waals surface area contributed by atoms with Crippen LogP contribution < -0.4 is 10.6 Å². The SMILES string of the molecule is N#Cc1cnc(N2CCC(C(O)C(N)=O)CC2)c(Cl)c1. The van der Waals surface area contributed by atoms with Crippen molar-refractivity contribution in [2.24, 2.45) is 11.7 Å². The average Bonchev–Trinajstić information content (AvgIpc) is 2.46. The zero-order valence-electron chi connectivity index (χ0n) is 10.8. The van der Waals surface area contributed by atoms with Crippen molar-refractivity contribution < 1.29 is 9.90 Å². The molecule has 106 valence electrons. The molecular weight excluding hydrogens is 280 g/mol. The lowest BCUT2D eigenvalue weighted by Crippen LogP contribution is -2.43. The van der Waals surface area contributed by atoms with Gasteiger partial charge in [-0.25, -0.2) is 4.98 Å². The Morgan fingerprint density at radius 3 is 2.75 bits per heavy atom. The lowest BCUT2D eigenvalue weighted by Gasteiger charge is -2.34. The van der Waals surface area contributed by atoms with Gasteiger partial charge in [0.1, 0.15) is 18.0 Å². The van der Waals surface area contributed by atoms with Crippen LogP contribution in [0.5, 0.6) is 0 Å². The van der Waals surface area contributed by atoms with Gasteiger partial charge in [0.05, 0.1) is 10.6 Å². The number of nitriles is 1. The largest absolute Gasteiger partial charge is 0.383 e. The number of rotatable bonds is 3. The van der Waals surface area contributed by atoms with Crippen molar-refractivity contribution in [1.82, 2.24) is 4.98 Å². The van der Waals surface area contributed by atoms with E-state index < -0.39 is 12.0 Å². The lowest BCUT2D eigenvalue weighted by atomic mass is 9.91. The third kappa shape index (κ3) is 3.00. The zero-order chi connectivity index (χ0) is 14.7. The van der Waals surface area contributed by atoms with Crippen molar-refractivity contribution in [3.63, 3.8) is 0 Å². The number of hydrogen-bond acceptors (Lipinski definition) is 5. The predicted octanol–water partition coefficient (Wildman–Crippen LogP) is 0.669. The Hall–Kier alpha value is -1.84. The fourth-order valence-electron chi connectivity index (χ4n) is 2.38. The number of anilines is 1. The van der Waals surface area contributed by atoms with Crippen molar-refractivity contribution in [2.75, 3.05) is 18.0 Å². The summed E-state index contributed by atoms with van der Waals surface area (Å²) >= 11 is 6.11. The maximum Gasteiger partial charge on any atom is 0.246 e. The highest BCUT2D eigenvalue weighted by Crippen LogP contribution is 2.29. The first-order chi connectivity index (χ1) is 9.52. The molecule has 0 aliphatic carbocycles. The number of hydrogen-bond donors (Lipinski definition) is 2. The van der Waals surface area contributed by atoms with E-state index in [4.69, 9.17) is 22.6 Å². The molecule has 1 aromatic rings. The first-order valence-corrected chi connectivity index (χ1v) is 6.68. The highest BCUT2D eigenvalue weighted by Gasteiger charge is 2.29. The number of pyridine rings is 1. The molecule has 6 nitrogen and oxygen atoms in total. The van der Waals surface area contributed by atoms with Crippen LogP contribution >= 0.6 is 11.6 Å². The standard InChI is InChI=1S/C13H15ClN4O2/c14-10-5-8(6-15)7-17-13(10)18-3-1-9(2-4-18)11(19)12(16)20/h5,7,9,11,19H,1-4H2,(H2,16,20). The van der Waals surface area contributed by atoms with Crippen LogP contribution in [-0.4, -0.2) is 35.2 Å². The minimum atomic E-state index is -1.10. The Bertz CT molecular complexity index is 550. The summed E-state index contributed by atoms with van der Waals surface area (Å²) in [5, 5.41) is 18.9. The maximum absolute atomic E-state index is 11.0. The van der Waals surface area contributed by atoms with E-state index >= 15 is 0 Å². The van der Waals surface area contributed by atoms with Crippen LogP contribution in [0.1, 0.15) is 18.4 Å². The summed E-state index contributed by atoms with van der Waals surface area (Å²) in [5.74, 6) is -0.184. The number of nitrogens with zero attached hydrogens (tertiary/aromatic N) is 3. The summed E-state index contributed by atoms with van der Waals surface area (Å²) in [7, 11) is 0. The van der Waals surface area contributed by atoms with E-state index in [0.717, 1.165) is 0 Å². The summed E-state index contributed by atoms with van der Waals surface area (Å²) < 4.78 is 0. The molecule has 1 aliphatic heterocycles. The number of piperidine rings is 1. The number of halogens is 1. The monoisotopic (exact) mass is 294 g/mol. The normalized spacial score (nSPS) is 17.6. The molecule has 0 aromatic carbocycles. The number of aliphatic hydroxyl groups is 1. The molecule has 0 bridgehead atoms. The van der Waals surface area contributed by atoms with E-state index in [0.29, 0.717) is 42.3 Å². The highest BCUT2D eigenvalue weighted by atomic mass is 35.5. The maximum atomic E-state index is 11.0. The van der Waals surface area contributed by atoms with Crippen molar-refractivity contribution >= 4 is 23.3 Å². The van der Waals surface area contributed by atoms with Gasteiger partial charge in [-0.1, -0.05) is 11.6 Å². The van der Waals surface area contributed by atoms with Gasteiger partial charge in [0.25, 0.3) is 0 Å². The summed E-state index contributed by atoms with van der Waals surface area (Å²) in [6.45, 7) is 1.27. The second kappa shape index (κ2) is 6.07. The van der Waals surface area contributed by atoms with Crippen molar-refractivity contribution in [1.29, 1.82) is 5.26 Å². The molecule has 1 saturated heterocycles. The van der Waals surface area contributed by atoms with Crippen LogP contribution in [0, 0.1) is 17.2 Å². The van der Waals surface area contributed by atoms with Gasteiger partial charge in [0.2, 0.25) is 5.91 Å². The summed E-state index contributed by atoms with van der Waals surface area (Å²) in [6.07, 6.45) is 1.66. The van der Waals surface area contributed by atoms with Gasteiger partial charge >= 0.3 is 0 Å². The molecule has 0 radical (unpaired) electrons. The first-order valence-electron chi connectivity index (χ1n) is 6.31. The third-order valence-corrected chi connectivity index (χ3v) is 3.81. The van der Waals surface area contributed by atoms with Crippen LogP contribution in [0.15, 0.2) is 12.3 Å².